The van der Waals surface area contributed by atoms with Crippen molar-refractivity contribution in [2.24, 2.45) is 0 Å². The third-order valence-corrected chi connectivity index (χ3v) is 5.12. The summed E-state index contributed by atoms with van der Waals surface area (Å²) in [5.74, 6) is -0.973. The number of pyridine rings is 1. The molecule has 27 heavy (non-hydrogen) atoms. The topological polar surface area (TPSA) is 91.4 Å². The Hall–Kier alpha value is -2.64. The summed E-state index contributed by atoms with van der Waals surface area (Å²) in [4.78, 5) is 43.1. The lowest BCUT2D eigenvalue weighted by molar-refractivity contribution is -0.119. The van der Waals surface area contributed by atoms with Crippen LogP contribution >= 0.6 is 23.2 Å². The molecule has 0 bridgehead atoms. The second-order valence-corrected chi connectivity index (χ2v) is 7.12. The number of anilines is 2. The summed E-state index contributed by atoms with van der Waals surface area (Å²) in [6.07, 6.45) is 1.43. The van der Waals surface area contributed by atoms with E-state index in [4.69, 9.17) is 23.2 Å². The summed E-state index contributed by atoms with van der Waals surface area (Å²) in [7, 11) is 0. The minimum atomic E-state index is -0.549. The fourth-order valence-corrected chi connectivity index (χ4v) is 3.67. The van der Waals surface area contributed by atoms with E-state index in [1.807, 2.05) is 0 Å². The zero-order chi connectivity index (χ0) is 19.1. The van der Waals surface area contributed by atoms with Crippen LogP contribution in [-0.2, 0) is 4.79 Å². The van der Waals surface area contributed by atoms with E-state index in [1.54, 1.807) is 17.0 Å². The molecule has 1 atom stereocenters. The molecule has 3 amide bonds. The van der Waals surface area contributed by atoms with Crippen molar-refractivity contribution in [1.29, 1.82) is 0 Å². The number of aromatic nitrogens is 1. The number of nitrogens with zero attached hydrogens (tertiary/aromatic N) is 2. The van der Waals surface area contributed by atoms with Gasteiger partial charge in [-0.05, 0) is 43.2 Å². The highest BCUT2D eigenvalue weighted by atomic mass is 35.5. The van der Waals surface area contributed by atoms with E-state index >= 15 is 0 Å². The maximum Gasteiger partial charge on any atom is 0.275 e. The van der Waals surface area contributed by atoms with E-state index in [9.17, 15) is 14.4 Å². The summed E-state index contributed by atoms with van der Waals surface area (Å²) in [6, 6.07) is 7.24. The van der Waals surface area contributed by atoms with Gasteiger partial charge in [-0.3, -0.25) is 14.4 Å². The van der Waals surface area contributed by atoms with Gasteiger partial charge >= 0.3 is 0 Å². The third kappa shape index (κ3) is 3.24. The largest absolute Gasteiger partial charge is 0.327 e. The van der Waals surface area contributed by atoms with Crippen LogP contribution in [0.5, 0.6) is 0 Å². The summed E-state index contributed by atoms with van der Waals surface area (Å²) < 4.78 is 0. The zero-order valence-corrected chi connectivity index (χ0v) is 15.5. The fourth-order valence-electron chi connectivity index (χ4n) is 3.33. The van der Waals surface area contributed by atoms with Crippen LogP contribution < -0.4 is 10.6 Å². The molecule has 1 fully saturated rings. The van der Waals surface area contributed by atoms with Gasteiger partial charge in [-0.15, -0.1) is 0 Å². The second kappa shape index (κ2) is 6.83. The fraction of sp³-hybridized carbons (Fsp3) is 0.222. The first kappa shape index (κ1) is 17.8. The molecule has 1 saturated heterocycles. The van der Waals surface area contributed by atoms with Gasteiger partial charge in [0.15, 0.2) is 0 Å². The van der Waals surface area contributed by atoms with Crippen molar-refractivity contribution >= 4 is 52.3 Å². The summed E-state index contributed by atoms with van der Waals surface area (Å²) in [5, 5.41) is 5.75. The second-order valence-electron chi connectivity index (χ2n) is 6.32. The molecule has 0 aliphatic carbocycles. The van der Waals surface area contributed by atoms with Crippen molar-refractivity contribution in [2.75, 3.05) is 17.2 Å². The molecule has 2 aliphatic heterocycles. The minimum Gasteiger partial charge on any atom is -0.327 e. The molecule has 1 aromatic heterocycles. The predicted octanol–water partition coefficient (Wildman–Crippen LogP) is 3.20. The van der Waals surface area contributed by atoms with Crippen molar-refractivity contribution in [3.8, 4) is 0 Å². The van der Waals surface area contributed by atoms with Crippen LogP contribution in [0.1, 0.15) is 33.7 Å². The molecule has 0 radical (unpaired) electrons. The van der Waals surface area contributed by atoms with Crippen LogP contribution in [0.4, 0.5) is 11.4 Å². The summed E-state index contributed by atoms with van der Waals surface area (Å²) in [5.41, 5.74) is 1.13. The molecule has 2 aromatic rings. The molecule has 138 valence electrons. The SMILES string of the molecule is O=C(Nc1ccc2c(c1)C(=O)N1CCCC1C(=O)N2)c1nc(Cl)ccc1Cl. The maximum atomic E-state index is 12.8. The minimum absolute atomic E-state index is 0.0154. The number of halogens is 2. The van der Waals surface area contributed by atoms with E-state index in [0.29, 0.717) is 29.9 Å². The van der Waals surface area contributed by atoms with Crippen molar-refractivity contribution in [1.82, 2.24) is 9.88 Å². The number of benzene rings is 1. The molecule has 1 unspecified atom stereocenters. The number of hydrogen-bond acceptors (Lipinski definition) is 4. The van der Waals surface area contributed by atoms with Gasteiger partial charge < -0.3 is 15.5 Å². The molecular formula is C18H14Cl2N4O3. The number of carbonyl (C=O) groups is 3. The van der Waals surface area contributed by atoms with Gasteiger partial charge in [0.2, 0.25) is 5.91 Å². The predicted molar refractivity (Wildman–Crippen MR) is 101 cm³/mol. The zero-order valence-electron chi connectivity index (χ0n) is 14.0. The molecule has 2 N–H and O–H groups in total. The number of nitrogens with one attached hydrogen (secondary N) is 2. The Balaban J connectivity index is 1.64. The van der Waals surface area contributed by atoms with Crippen LogP contribution in [0.15, 0.2) is 30.3 Å². The Morgan fingerprint density at radius 2 is 2.04 bits per heavy atom. The van der Waals surface area contributed by atoms with E-state index in [-0.39, 0.29) is 27.7 Å². The van der Waals surface area contributed by atoms with E-state index in [1.165, 1.54) is 18.2 Å². The van der Waals surface area contributed by atoms with Crippen molar-refractivity contribution in [2.45, 2.75) is 18.9 Å². The molecule has 9 heteroatoms. The first-order valence-corrected chi connectivity index (χ1v) is 9.09. The van der Waals surface area contributed by atoms with Crippen LogP contribution in [0.3, 0.4) is 0 Å². The molecule has 4 rings (SSSR count). The van der Waals surface area contributed by atoms with Crippen molar-refractivity contribution < 1.29 is 14.4 Å². The highest BCUT2D eigenvalue weighted by molar-refractivity contribution is 6.35. The van der Waals surface area contributed by atoms with Crippen molar-refractivity contribution in [3.05, 3.63) is 51.8 Å². The van der Waals surface area contributed by atoms with E-state index in [2.05, 4.69) is 15.6 Å². The molecular weight excluding hydrogens is 391 g/mol. The van der Waals surface area contributed by atoms with Gasteiger partial charge in [0, 0.05) is 12.2 Å². The average molecular weight is 405 g/mol. The number of fused-ring (bicyclic) bond motifs is 2. The molecule has 7 nitrogen and oxygen atoms in total. The number of hydrogen-bond donors (Lipinski definition) is 2. The van der Waals surface area contributed by atoms with Gasteiger partial charge in [0.25, 0.3) is 11.8 Å². The Bertz CT molecular complexity index is 979. The van der Waals surface area contributed by atoms with Crippen LogP contribution in [0.25, 0.3) is 0 Å². The average Bonchev–Trinajstić information content (AvgIpc) is 3.11. The van der Waals surface area contributed by atoms with Gasteiger partial charge in [-0.1, -0.05) is 23.2 Å². The Kier molecular flexibility index (Phi) is 4.49. The molecule has 3 heterocycles. The Morgan fingerprint density at radius 3 is 2.85 bits per heavy atom. The smallest absolute Gasteiger partial charge is 0.275 e. The van der Waals surface area contributed by atoms with Crippen LogP contribution in [0.2, 0.25) is 10.2 Å². The van der Waals surface area contributed by atoms with Gasteiger partial charge in [0.1, 0.15) is 16.9 Å². The molecule has 0 spiro atoms. The normalized spacial score (nSPS) is 18.4. The number of carbonyl (C=O) groups excluding carboxylic acids is 3. The third-order valence-electron chi connectivity index (χ3n) is 4.61. The lowest BCUT2D eigenvalue weighted by atomic mass is 10.1. The lowest BCUT2D eigenvalue weighted by Crippen LogP contribution is -2.40. The highest BCUT2D eigenvalue weighted by Gasteiger charge is 2.38. The van der Waals surface area contributed by atoms with Crippen molar-refractivity contribution in [3.63, 3.8) is 0 Å². The number of amides is 3. The first-order valence-electron chi connectivity index (χ1n) is 8.33. The Labute approximate surface area is 164 Å². The van der Waals surface area contributed by atoms with E-state index < -0.39 is 11.9 Å². The summed E-state index contributed by atoms with van der Waals surface area (Å²) in [6.45, 7) is 0.537. The Morgan fingerprint density at radius 1 is 1.22 bits per heavy atom. The monoisotopic (exact) mass is 404 g/mol. The maximum absolute atomic E-state index is 12.8. The lowest BCUT2D eigenvalue weighted by Gasteiger charge is -2.20. The van der Waals surface area contributed by atoms with Gasteiger partial charge in [0.05, 0.1) is 16.3 Å². The van der Waals surface area contributed by atoms with Gasteiger partial charge in [-0.25, -0.2) is 4.98 Å². The molecule has 1 aromatic carbocycles. The summed E-state index contributed by atoms with van der Waals surface area (Å²) >= 11 is 11.8. The molecule has 2 aliphatic rings. The number of rotatable bonds is 2. The highest BCUT2D eigenvalue weighted by Crippen LogP contribution is 2.30. The first-order chi connectivity index (χ1) is 12.9. The van der Waals surface area contributed by atoms with E-state index in [0.717, 1.165) is 6.42 Å². The van der Waals surface area contributed by atoms with Crippen LogP contribution in [-0.4, -0.2) is 40.2 Å². The quantitative estimate of drug-likeness (QED) is 0.751. The van der Waals surface area contributed by atoms with Gasteiger partial charge in [-0.2, -0.15) is 0 Å². The standard InChI is InChI=1S/C18H14Cl2N4O3/c19-11-4-6-14(20)23-15(11)17(26)21-9-3-5-12-10(8-9)18(27)24-7-1-2-13(24)16(25)22-12/h3-6,8,13H,1-2,7H2,(H,21,26)(H,22,25). The van der Waals surface area contributed by atoms with Crippen LogP contribution in [0, 0.1) is 0 Å². The molecule has 0 saturated carbocycles.